The topological polar surface area (TPSA) is 75.0 Å². The van der Waals surface area contributed by atoms with E-state index in [1.54, 1.807) is 29.9 Å². The fourth-order valence-corrected chi connectivity index (χ4v) is 3.95. The maximum Gasteiger partial charge on any atom is 0.150 e. The van der Waals surface area contributed by atoms with Crippen molar-refractivity contribution in [3.8, 4) is 0 Å². The minimum atomic E-state index is -0.387. The van der Waals surface area contributed by atoms with Crippen LogP contribution in [0.15, 0.2) is 30.0 Å². The third kappa shape index (κ3) is 2.77. The Hall–Kier alpha value is -2.12. The molecule has 6 nitrogen and oxygen atoms in total. The van der Waals surface area contributed by atoms with E-state index in [0.717, 1.165) is 40.5 Å². The highest BCUT2D eigenvalue weighted by Crippen LogP contribution is 2.32. The predicted molar refractivity (Wildman–Crippen MR) is 89.6 cm³/mol. The lowest BCUT2D eigenvalue weighted by Crippen LogP contribution is -2.22. The van der Waals surface area contributed by atoms with Crippen LogP contribution in [-0.4, -0.2) is 44.2 Å². The zero-order chi connectivity index (χ0) is 15.8. The maximum atomic E-state index is 10.4. The van der Waals surface area contributed by atoms with E-state index < -0.39 is 0 Å². The number of aliphatic hydroxyl groups excluding tert-OH is 1. The molecule has 2 atom stereocenters. The second-order valence-corrected chi connectivity index (χ2v) is 6.78. The van der Waals surface area contributed by atoms with Gasteiger partial charge in [0.05, 0.1) is 22.0 Å². The summed E-state index contributed by atoms with van der Waals surface area (Å²) >= 11 is 1.65. The van der Waals surface area contributed by atoms with E-state index in [2.05, 4.69) is 24.8 Å². The van der Waals surface area contributed by atoms with Crippen molar-refractivity contribution >= 4 is 27.4 Å². The second-order valence-electron chi connectivity index (χ2n) is 5.86. The maximum absolute atomic E-state index is 10.4. The normalized spacial score (nSPS) is 21.2. The Morgan fingerprint density at radius 3 is 3.04 bits per heavy atom. The summed E-state index contributed by atoms with van der Waals surface area (Å²) in [4.78, 5) is 19.7. The summed E-state index contributed by atoms with van der Waals surface area (Å²) in [5.74, 6) is 1.83. The van der Waals surface area contributed by atoms with Gasteiger partial charge < -0.3 is 10.0 Å². The molecule has 4 heterocycles. The van der Waals surface area contributed by atoms with Crippen LogP contribution < -0.4 is 4.90 Å². The molecule has 3 aromatic heterocycles. The minimum Gasteiger partial charge on any atom is -0.391 e. The third-order valence-electron chi connectivity index (χ3n) is 4.19. The van der Waals surface area contributed by atoms with Crippen molar-refractivity contribution < 1.29 is 5.11 Å². The largest absolute Gasteiger partial charge is 0.391 e. The number of thiophene rings is 1. The van der Waals surface area contributed by atoms with Gasteiger partial charge in [0, 0.05) is 37.6 Å². The molecule has 7 heteroatoms. The van der Waals surface area contributed by atoms with Gasteiger partial charge in [0.25, 0.3) is 0 Å². The average molecular weight is 327 g/mol. The van der Waals surface area contributed by atoms with E-state index in [9.17, 15) is 5.11 Å². The zero-order valence-corrected chi connectivity index (χ0v) is 13.6. The molecule has 1 aliphatic rings. The van der Waals surface area contributed by atoms with Crippen molar-refractivity contribution in [2.75, 3.05) is 18.0 Å². The van der Waals surface area contributed by atoms with Crippen molar-refractivity contribution in [1.29, 1.82) is 0 Å². The molecule has 1 saturated heterocycles. The number of aromatic nitrogens is 4. The zero-order valence-electron chi connectivity index (χ0n) is 12.8. The molecule has 1 N–H and O–H groups in total. The summed E-state index contributed by atoms with van der Waals surface area (Å²) in [6.07, 6.45) is 5.46. The number of fused-ring (bicyclic) bond motifs is 1. The number of hydrogen-bond donors (Lipinski definition) is 1. The molecular formula is C16H17N5OS. The van der Waals surface area contributed by atoms with Crippen molar-refractivity contribution in [1.82, 2.24) is 19.9 Å². The second kappa shape index (κ2) is 5.82. The van der Waals surface area contributed by atoms with E-state index in [-0.39, 0.29) is 12.0 Å². The molecule has 0 spiro atoms. The van der Waals surface area contributed by atoms with E-state index in [4.69, 9.17) is 0 Å². The lowest BCUT2D eigenvalue weighted by atomic mass is 10.0. The summed E-state index contributed by atoms with van der Waals surface area (Å²) < 4.78 is 1.09. The Kier molecular flexibility index (Phi) is 3.66. The minimum absolute atomic E-state index is 0.136. The molecule has 0 aliphatic carbocycles. The van der Waals surface area contributed by atoms with Gasteiger partial charge in [-0.15, -0.1) is 11.3 Å². The number of aryl methyl sites for hydroxylation is 1. The molecule has 1 aliphatic heterocycles. The van der Waals surface area contributed by atoms with E-state index in [0.29, 0.717) is 6.54 Å². The Labute approximate surface area is 137 Å². The Balaban J connectivity index is 1.60. The number of nitrogens with zero attached hydrogens (tertiary/aromatic N) is 5. The van der Waals surface area contributed by atoms with Crippen molar-refractivity contribution in [2.24, 2.45) is 5.92 Å². The smallest absolute Gasteiger partial charge is 0.150 e. The lowest BCUT2D eigenvalue weighted by Gasteiger charge is -2.18. The fraction of sp³-hybridized carbons (Fsp3) is 0.375. The van der Waals surface area contributed by atoms with Gasteiger partial charge in [0.2, 0.25) is 0 Å². The first-order valence-corrected chi connectivity index (χ1v) is 8.48. The number of aliphatic hydroxyl groups is 1. The lowest BCUT2D eigenvalue weighted by molar-refractivity contribution is 0.147. The van der Waals surface area contributed by atoms with Gasteiger partial charge in [-0.3, -0.25) is 9.97 Å². The number of β-amino-alcohol motifs (C(OH)–C–C–N with tert-alkyl or cyclic N) is 1. The van der Waals surface area contributed by atoms with E-state index in [1.807, 2.05) is 18.4 Å². The number of anilines is 1. The van der Waals surface area contributed by atoms with Crippen LogP contribution in [0.5, 0.6) is 0 Å². The molecule has 0 radical (unpaired) electrons. The molecular weight excluding hydrogens is 310 g/mol. The third-order valence-corrected chi connectivity index (χ3v) is 5.09. The summed E-state index contributed by atoms with van der Waals surface area (Å²) in [7, 11) is 0. The first-order chi connectivity index (χ1) is 11.2. The molecule has 0 bridgehead atoms. The van der Waals surface area contributed by atoms with Crippen molar-refractivity contribution in [3.63, 3.8) is 0 Å². The molecule has 4 rings (SSSR count). The quantitative estimate of drug-likeness (QED) is 0.791. The van der Waals surface area contributed by atoms with Crippen LogP contribution in [0.25, 0.3) is 10.2 Å². The van der Waals surface area contributed by atoms with Gasteiger partial charge in [-0.05, 0) is 24.8 Å². The van der Waals surface area contributed by atoms with Crippen LogP contribution in [-0.2, 0) is 6.42 Å². The van der Waals surface area contributed by atoms with Crippen LogP contribution in [0.3, 0.4) is 0 Å². The molecule has 23 heavy (non-hydrogen) atoms. The van der Waals surface area contributed by atoms with Gasteiger partial charge in [-0.25, -0.2) is 9.97 Å². The van der Waals surface area contributed by atoms with Crippen molar-refractivity contribution in [3.05, 3.63) is 41.6 Å². The average Bonchev–Trinajstić information content (AvgIpc) is 3.15. The van der Waals surface area contributed by atoms with Crippen LogP contribution >= 0.6 is 11.3 Å². The number of hydrogen-bond acceptors (Lipinski definition) is 7. The van der Waals surface area contributed by atoms with Gasteiger partial charge in [0.1, 0.15) is 11.6 Å². The highest BCUT2D eigenvalue weighted by atomic mass is 32.1. The van der Waals surface area contributed by atoms with Gasteiger partial charge in [-0.1, -0.05) is 0 Å². The Bertz CT molecular complexity index is 822. The van der Waals surface area contributed by atoms with E-state index in [1.165, 1.54) is 0 Å². The molecule has 0 saturated carbocycles. The van der Waals surface area contributed by atoms with Gasteiger partial charge in [0.15, 0.2) is 0 Å². The highest BCUT2D eigenvalue weighted by Gasteiger charge is 2.33. The standard InChI is InChI=1S/C16H17N5OS/c1-10-19-13-2-5-23-15(13)16(20-10)21-8-11(14(22)9-21)6-12-7-17-3-4-18-12/h2-5,7,11,14,22H,6,8-9H2,1H3/t11-,14-/m1/s1. The molecule has 118 valence electrons. The van der Waals surface area contributed by atoms with Gasteiger partial charge in [-0.2, -0.15) is 0 Å². The Morgan fingerprint density at radius 1 is 1.30 bits per heavy atom. The first kappa shape index (κ1) is 14.5. The molecule has 1 fully saturated rings. The van der Waals surface area contributed by atoms with E-state index >= 15 is 0 Å². The van der Waals surface area contributed by atoms with Crippen LogP contribution in [0, 0.1) is 12.8 Å². The Morgan fingerprint density at radius 2 is 2.22 bits per heavy atom. The predicted octanol–water partition coefficient (Wildman–Crippen LogP) is 1.83. The van der Waals surface area contributed by atoms with Crippen LogP contribution in [0.4, 0.5) is 5.82 Å². The molecule has 3 aromatic rings. The van der Waals surface area contributed by atoms with Crippen LogP contribution in [0.2, 0.25) is 0 Å². The summed E-state index contributed by atoms with van der Waals surface area (Å²) in [5.41, 5.74) is 1.89. The first-order valence-electron chi connectivity index (χ1n) is 7.60. The van der Waals surface area contributed by atoms with Gasteiger partial charge >= 0.3 is 0 Å². The molecule has 0 aromatic carbocycles. The fourth-order valence-electron chi connectivity index (χ4n) is 3.11. The highest BCUT2D eigenvalue weighted by molar-refractivity contribution is 7.17. The van der Waals surface area contributed by atoms with Crippen LogP contribution in [0.1, 0.15) is 11.5 Å². The molecule has 0 amide bonds. The molecule has 0 unspecified atom stereocenters. The SMILES string of the molecule is Cc1nc(N2C[C@@H](Cc3cnccn3)[C@H](O)C2)c2sccc2n1. The van der Waals surface area contributed by atoms with Crippen molar-refractivity contribution in [2.45, 2.75) is 19.4 Å². The monoisotopic (exact) mass is 327 g/mol. The summed E-state index contributed by atoms with van der Waals surface area (Å²) in [6.45, 7) is 3.26. The summed E-state index contributed by atoms with van der Waals surface area (Å²) in [5, 5.41) is 12.5. The summed E-state index contributed by atoms with van der Waals surface area (Å²) in [6, 6.07) is 2.02. The number of rotatable bonds is 3.